The van der Waals surface area contributed by atoms with Gasteiger partial charge in [0.05, 0.1) is 18.8 Å². The first-order valence-electron chi connectivity index (χ1n) is 7.12. The number of ether oxygens (including phenoxy) is 1. The van der Waals surface area contributed by atoms with E-state index in [0.717, 1.165) is 29.9 Å². The molecule has 1 aromatic carbocycles. The van der Waals surface area contributed by atoms with Crippen molar-refractivity contribution in [2.24, 2.45) is 0 Å². The number of halogens is 1. The number of aryl methyl sites for hydroxylation is 2. The van der Waals surface area contributed by atoms with Crippen molar-refractivity contribution in [1.82, 2.24) is 4.90 Å². The zero-order valence-corrected chi connectivity index (χ0v) is 14.0. The minimum atomic E-state index is -0.526. The summed E-state index contributed by atoms with van der Waals surface area (Å²) < 4.78 is 5.35. The van der Waals surface area contributed by atoms with E-state index < -0.39 is 5.54 Å². The third kappa shape index (κ3) is 4.43. The molecule has 1 aliphatic rings. The summed E-state index contributed by atoms with van der Waals surface area (Å²) in [7, 11) is 0. The fourth-order valence-electron chi connectivity index (χ4n) is 2.60. The second kappa shape index (κ2) is 7.25. The van der Waals surface area contributed by atoms with Gasteiger partial charge in [0.2, 0.25) is 5.91 Å². The lowest BCUT2D eigenvalue weighted by molar-refractivity contribution is -0.129. The Morgan fingerprint density at radius 1 is 1.14 bits per heavy atom. The summed E-state index contributed by atoms with van der Waals surface area (Å²) in [6, 6.07) is 6.10. The van der Waals surface area contributed by atoms with Crippen LogP contribution >= 0.6 is 12.4 Å². The van der Waals surface area contributed by atoms with Gasteiger partial charge in [-0.05, 0) is 51.0 Å². The van der Waals surface area contributed by atoms with Crippen molar-refractivity contribution in [2.75, 3.05) is 31.6 Å². The number of hydrogen-bond donors (Lipinski definition) is 1. The largest absolute Gasteiger partial charge is 0.379 e. The van der Waals surface area contributed by atoms with Crippen LogP contribution < -0.4 is 5.32 Å². The number of nitrogens with one attached hydrogen (secondary N) is 1. The molecule has 1 amide bonds. The maximum atomic E-state index is 12.6. The van der Waals surface area contributed by atoms with Crippen LogP contribution in [0.25, 0.3) is 0 Å². The topological polar surface area (TPSA) is 41.6 Å². The maximum absolute atomic E-state index is 12.6. The van der Waals surface area contributed by atoms with Crippen molar-refractivity contribution in [3.05, 3.63) is 29.3 Å². The number of amides is 1. The van der Waals surface area contributed by atoms with Crippen LogP contribution in [0.4, 0.5) is 5.69 Å². The number of carbonyl (C=O) groups is 1. The lowest BCUT2D eigenvalue weighted by atomic mass is 10.0. The van der Waals surface area contributed by atoms with E-state index in [0.29, 0.717) is 13.2 Å². The highest BCUT2D eigenvalue weighted by Crippen LogP contribution is 2.20. The molecule has 0 aromatic heterocycles. The molecule has 1 aliphatic heterocycles. The van der Waals surface area contributed by atoms with Crippen LogP contribution in [0, 0.1) is 13.8 Å². The van der Waals surface area contributed by atoms with Gasteiger partial charge in [-0.2, -0.15) is 0 Å². The number of morpholine rings is 1. The van der Waals surface area contributed by atoms with Crippen molar-refractivity contribution in [2.45, 2.75) is 33.2 Å². The number of hydrogen-bond acceptors (Lipinski definition) is 3. The van der Waals surface area contributed by atoms with Gasteiger partial charge in [-0.1, -0.05) is 6.07 Å². The normalized spacial score (nSPS) is 16.2. The molecule has 1 fully saturated rings. The van der Waals surface area contributed by atoms with Gasteiger partial charge in [0, 0.05) is 18.8 Å². The van der Waals surface area contributed by atoms with E-state index in [1.807, 2.05) is 39.8 Å². The minimum absolute atomic E-state index is 0. The van der Waals surface area contributed by atoms with E-state index in [2.05, 4.69) is 16.3 Å². The summed E-state index contributed by atoms with van der Waals surface area (Å²) in [6.45, 7) is 11.0. The van der Waals surface area contributed by atoms with Gasteiger partial charge >= 0.3 is 0 Å². The summed E-state index contributed by atoms with van der Waals surface area (Å²) in [4.78, 5) is 14.7. The number of rotatable bonds is 3. The Hall–Kier alpha value is -1.10. The monoisotopic (exact) mass is 312 g/mol. The molecule has 1 aromatic rings. The summed E-state index contributed by atoms with van der Waals surface area (Å²) in [5.41, 5.74) is 2.66. The SMILES string of the molecule is Cc1cc(C)cc(NC(=O)C(C)(C)N2CCOCC2)c1.Cl. The van der Waals surface area contributed by atoms with Gasteiger partial charge in [-0.3, -0.25) is 9.69 Å². The summed E-state index contributed by atoms with van der Waals surface area (Å²) >= 11 is 0. The van der Waals surface area contributed by atoms with E-state index in [1.165, 1.54) is 0 Å². The summed E-state index contributed by atoms with van der Waals surface area (Å²) in [5, 5.41) is 3.04. The van der Waals surface area contributed by atoms with E-state index in [9.17, 15) is 4.79 Å². The van der Waals surface area contributed by atoms with Crippen LogP contribution in [0.2, 0.25) is 0 Å². The molecule has 1 N–H and O–H groups in total. The minimum Gasteiger partial charge on any atom is -0.379 e. The van der Waals surface area contributed by atoms with Crippen molar-refractivity contribution < 1.29 is 9.53 Å². The highest BCUT2D eigenvalue weighted by atomic mass is 35.5. The number of anilines is 1. The van der Waals surface area contributed by atoms with E-state index in [-0.39, 0.29) is 18.3 Å². The Labute approximate surface area is 133 Å². The van der Waals surface area contributed by atoms with Crippen molar-refractivity contribution in [3.63, 3.8) is 0 Å². The maximum Gasteiger partial charge on any atom is 0.244 e. The summed E-state index contributed by atoms with van der Waals surface area (Å²) in [5.74, 6) is 0.0319. The van der Waals surface area contributed by atoms with Crippen LogP contribution in [-0.2, 0) is 9.53 Å². The molecule has 0 bridgehead atoms. The molecule has 4 nitrogen and oxygen atoms in total. The van der Waals surface area contributed by atoms with E-state index in [1.54, 1.807) is 0 Å². The van der Waals surface area contributed by atoms with Gasteiger partial charge < -0.3 is 10.1 Å². The van der Waals surface area contributed by atoms with Crippen LogP contribution in [0.1, 0.15) is 25.0 Å². The number of carbonyl (C=O) groups excluding carboxylic acids is 1. The van der Waals surface area contributed by atoms with Crippen LogP contribution in [0.5, 0.6) is 0 Å². The fourth-order valence-corrected chi connectivity index (χ4v) is 2.60. The average Bonchev–Trinajstić information content (AvgIpc) is 2.38. The third-order valence-corrected chi connectivity index (χ3v) is 3.84. The van der Waals surface area contributed by atoms with Gasteiger partial charge in [-0.15, -0.1) is 12.4 Å². The quantitative estimate of drug-likeness (QED) is 0.933. The first kappa shape index (κ1) is 18.0. The Bertz CT molecular complexity index is 477. The Morgan fingerprint density at radius 2 is 1.67 bits per heavy atom. The Morgan fingerprint density at radius 3 is 2.19 bits per heavy atom. The lowest BCUT2D eigenvalue weighted by Gasteiger charge is -2.39. The average molecular weight is 313 g/mol. The number of nitrogens with zero attached hydrogens (tertiary/aromatic N) is 1. The summed E-state index contributed by atoms with van der Waals surface area (Å²) in [6.07, 6.45) is 0. The van der Waals surface area contributed by atoms with Gasteiger partial charge in [0.15, 0.2) is 0 Å². The molecule has 0 aliphatic carbocycles. The second-order valence-electron chi connectivity index (χ2n) is 5.99. The molecule has 0 unspecified atom stereocenters. The molecule has 0 saturated carbocycles. The molecular weight excluding hydrogens is 288 g/mol. The Balaban J connectivity index is 0.00000220. The zero-order valence-electron chi connectivity index (χ0n) is 13.2. The Kier molecular flexibility index (Phi) is 6.20. The molecule has 2 rings (SSSR count). The van der Waals surface area contributed by atoms with Gasteiger partial charge in [-0.25, -0.2) is 0 Å². The van der Waals surface area contributed by atoms with Crippen molar-refractivity contribution in [3.8, 4) is 0 Å². The molecule has 118 valence electrons. The van der Waals surface area contributed by atoms with Crippen LogP contribution in [0.15, 0.2) is 18.2 Å². The smallest absolute Gasteiger partial charge is 0.244 e. The van der Waals surface area contributed by atoms with E-state index in [4.69, 9.17) is 4.74 Å². The third-order valence-electron chi connectivity index (χ3n) is 3.84. The molecule has 0 spiro atoms. The molecule has 0 atom stereocenters. The van der Waals surface area contributed by atoms with Crippen molar-refractivity contribution >= 4 is 24.0 Å². The predicted molar refractivity (Wildman–Crippen MR) is 88.3 cm³/mol. The first-order chi connectivity index (χ1) is 9.39. The predicted octanol–water partition coefficient (Wildman–Crippen LogP) is 2.77. The standard InChI is InChI=1S/C16H24N2O2.ClH/c1-12-9-13(2)11-14(10-12)17-15(19)16(3,4)18-5-7-20-8-6-18;/h9-11H,5-8H2,1-4H3,(H,17,19);1H. The van der Waals surface area contributed by atoms with Crippen LogP contribution in [-0.4, -0.2) is 42.6 Å². The first-order valence-corrected chi connectivity index (χ1v) is 7.12. The zero-order chi connectivity index (χ0) is 14.8. The molecule has 5 heteroatoms. The molecule has 1 heterocycles. The second-order valence-corrected chi connectivity index (χ2v) is 5.99. The van der Waals surface area contributed by atoms with Crippen molar-refractivity contribution in [1.29, 1.82) is 0 Å². The highest BCUT2D eigenvalue weighted by Gasteiger charge is 2.35. The molecule has 1 saturated heterocycles. The lowest BCUT2D eigenvalue weighted by Crippen LogP contribution is -2.56. The molecule has 21 heavy (non-hydrogen) atoms. The fraction of sp³-hybridized carbons (Fsp3) is 0.562. The van der Waals surface area contributed by atoms with Gasteiger partial charge in [0.25, 0.3) is 0 Å². The van der Waals surface area contributed by atoms with E-state index >= 15 is 0 Å². The number of benzene rings is 1. The van der Waals surface area contributed by atoms with Gasteiger partial charge in [0.1, 0.15) is 0 Å². The molecule has 0 radical (unpaired) electrons. The van der Waals surface area contributed by atoms with Crippen LogP contribution in [0.3, 0.4) is 0 Å². The highest BCUT2D eigenvalue weighted by molar-refractivity contribution is 5.97. The molecular formula is C16H25ClN2O2.